The van der Waals surface area contributed by atoms with Crippen LogP contribution in [0, 0.1) is 6.92 Å². The zero-order valence-electron chi connectivity index (χ0n) is 17.5. The van der Waals surface area contributed by atoms with Gasteiger partial charge in [0.1, 0.15) is 17.3 Å². The Morgan fingerprint density at radius 2 is 1.97 bits per heavy atom. The maximum absolute atomic E-state index is 11.9. The summed E-state index contributed by atoms with van der Waals surface area (Å²) in [4.78, 5) is 6.82. The molecule has 2 aromatic carbocycles. The standard InChI is InChI=1S/C24H26N2O4S/c1-3-13-26(20-12-14-31(27,28)17-20)16-23-18(2)29-24(25-23)19-8-7-11-22(15-19)30-21-9-5-4-6-10-21/h3-11,15,20H,1,12-14,16-17H2,2H3/t20-/m1/s1. The van der Waals surface area contributed by atoms with Crippen LogP contribution >= 0.6 is 0 Å². The van der Waals surface area contributed by atoms with E-state index in [0.29, 0.717) is 31.2 Å². The smallest absolute Gasteiger partial charge is 0.226 e. The van der Waals surface area contributed by atoms with Crippen LogP contribution in [0.2, 0.25) is 0 Å². The molecular formula is C24H26N2O4S. The molecule has 6 nitrogen and oxygen atoms in total. The Morgan fingerprint density at radius 1 is 1.19 bits per heavy atom. The van der Waals surface area contributed by atoms with E-state index in [0.717, 1.165) is 22.8 Å². The van der Waals surface area contributed by atoms with Crippen LogP contribution in [0.15, 0.2) is 71.7 Å². The highest BCUT2D eigenvalue weighted by Gasteiger charge is 2.32. The number of hydrogen-bond donors (Lipinski definition) is 0. The number of oxazole rings is 1. The van der Waals surface area contributed by atoms with Gasteiger partial charge in [-0.25, -0.2) is 13.4 Å². The summed E-state index contributed by atoms with van der Waals surface area (Å²) in [6.45, 7) is 6.82. The van der Waals surface area contributed by atoms with Gasteiger partial charge < -0.3 is 9.15 Å². The molecule has 0 spiro atoms. The maximum atomic E-state index is 11.9. The van der Waals surface area contributed by atoms with Crippen molar-refractivity contribution < 1.29 is 17.6 Å². The average Bonchev–Trinajstić information content (AvgIpc) is 3.30. The quantitative estimate of drug-likeness (QED) is 0.478. The molecule has 1 aromatic heterocycles. The van der Waals surface area contributed by atoms with Gasteiger partial charge in [-0.1, -0.05) is 30.3 Å². The van der Waals surface area contributed by atoms with Crippen LogP contribution in [0.3, 0.4) is 0 Å². The summed E-state index contributed by atoms with van der Waals surface area (Å²) < 4.78 is 35.7. The molecule has 4 rings (SSSR count). The normalized spacial score (nSPS) is 17.7. The average molecular weight is 439 g/mol. The SMILES string of the molecule is C=CCN(Cc1nc(-c2cccc(Oc3ccccc3)c2)oc1C)[C@@H]1CCS(=O)(=O)C1. The molecule has 0 unspecified atom stereocenters. The number of hydrogen-bond acceptors (Lipinski definition) is 6. The molecule has 1 aliphatic rings. The molecule has 0 amide bonds. The van der Waals surface area contributed by atoms with Gasteiger partial charge in [-0.3, -0.25) is 4.90 Å². The van der Waals surface area contributed by atoms with Crippen LogP contribution in [0.4, 0.5) is 0 Å². The van der Waals surface area contributed by atoms with Gasteiger partial charge >= 0.3 is 0 Å². The van der Waals surface area contributed by atoms with Crippen molar-refractivity contribution in [3.8, 4) is 23.0 Å². The number of nitrogens with zero attached hydrogens (tertiary/aromatic N) is 2. The van der Waals surface area contributed by atoms with Crippen molar-refractivity contribution in [2.45, 2.75) is 25.9 Å². The first-order chi connectivity index (χ1) is 14.9. The topological polar surface area (TPSA) is 72.6 Å². The lowest BCUT2D eigenvalue weighted by atomic mass is 10.2. The number of rotatable bonds is 8. The summed E-state index contributed by atoms with van der Waals surface area (Å²) >= 11 is 0. The number of ether oxygens (including phenoxy) is 1. The molecule has 0 saturated carbocycles. The van der Waals surface area contributed by atoms with Gasteiger partial charge in [0, 0.05) is 24.7 Å². The fourth-order valence-corrected chi connectivity index (χ4v) is 5.54. The van der Waals surface area contributed by atoms with E-state index in [1.165, 1.54) is 0 Å². The molecule has 0 N–H and O–H groups in total. The lowest BCUT2D eigenvalue weighted by Gasteiger charge is -2.25. The van der Waals surface area contributed by atoms with Crippen molar-refractivity contribution in [2.24, 2.45) is 0 Å². The van der Waals surface area contributed by atoms with E-state index in [-0.39, 0.29) is 17.5 Å². The second-order valence-electron chi connectivity index (χ2n) is 7.74. The summed E-state index contributed by atoms with van der Waals surface area (Å²) in [5.41, 5.74) is 1.62. The third-order valence-electron chi connectivity index (χ3n) is 5.39. The minimum atomic E-state index is -2.96. The van der Waals surface area contributed by atoms with Crippen molar-refractivity contribution >= 4 is 9.84 Å². The van der Waals surface area contributed by atoms with Gasteiger partial charge in [0.25, 0.3) is 0 Å². The molecule has 1 atom stereocenters. The summed E-state index contributed by atoms with van der Waals surface area (Å²) in [5.74, 6) is 3.12. The molecule has 7 heteroatoms. The van der Waals surface area contributed by atoms with E-state index in [1.807, 2.05) is 61.5 Å². The molecule has 0 bridgehead atoms. The number of sulfone groups is 1. The van der Waals surface area contributed by atoms with Crippen molar-refractivity contribution in [1.82, 2.24) is 9.88 Å². The van der Waals surface area contributed by atoms with Gasteiger partial charge in [-0.2, -0.15) is 0 Å². The molecule has 0 aliphatic carbocycles. The van der Waals surface area contributed by atoms with Crippen LogP contribution in [-0.2, 0) is 16.4 Å². The monoisotopic (exact) mass is 438 g/mol. The summed E-state index contributed by atoms with van der Waals surface area (Å²) in [6, 6.07) is 17.2. The third kappa shape index (κ3) is 5.24. The minimum absolute atomic E-state index is 0.0230. The molecule has 31 heavy (non-hydrogen) atoms. The highest BCUT2D eigenvalue weighted by molar-refractivity contribution is 7.91. The van der Waals surface area contributed by atoms with E-state index in [2.05, 4.69) is 11.5 Å². The van der Waals surface area contributed by atoms with Crippen LogP contribution in [0.1, 0.15) is 17.9 Å². The summed E-state index contributed by atoms with van der Waals surface area (Å²) in [7, 11) is -2.96. The largest absolute Gasteiger partial charge is 0.457 e. The van der Waals surface area contributed by atoms with E-state index in [9.17, 15) is 8.42 Å². The number of aryl methyl sites for hydroxylation is 1. The predicted molar refractivity (Wildman–Crippen MR) is 121 cm³/mol. The van der Waals surface area contributed by atoms with Crippen LogP contribution in [-0.4, -0.2) is 42.4 Å². The highest BCUT2D eigenvalue weighted by atomic mass is 32.2. The van der Waals surface area contributed by atoms with Crippen molar-refractivity contribution in [3.63, 3.8) is 0 Å². The molecule has 162 valence electrons. The second kappa shape index (κ2) is 9.08. The van der Waals surface area contributed by atoms with Gasteiger partial charge in [-0.15, -0.1) is 6.58 Å². The maximum Gasteiger partial charge on any atom is 0.226 e. The van der Waals surface area contributed by atoms with Crippen LogP contribution in [0.25, 0.3) is 11.5 Å². The molecule has 3 aromatic rings. The first-order valence-electron chi connectivity index (χ1n) is 10.3. The number of aromatic nitrogens is 1. The fourth-order valence-electron chi connectivity index (χ4n) is 3.78. The third-order valence-corrected chi connectivity index (χ3v) is 7.14. The zero-order chi connectivity index (χ0) is 21.8. The lowest BCUT2D eigenvalue weighted by molar-refractivity contribution is 0.223. The molecular weight excluding hydrogens is 412 g/mol. The summed E-state index contributed by atoms with van der Waals surface area (Å²) in [6.07, 6.45) is 2.43. The van der Waals surface area contributed by atoms with Crippen LogP contribution < -0.4 is 4.74 Å². The Bertz CT molecular complexity index is 1160. The van der Waals surface area contributed by atoms with Gasteiger partial charge in [0.15, 0.2) is 9.84 Å². The van der Waals surface area contributed by atoms with Crippen molar-refractivity contribution in [3.05, 3.63) is 78.7 Å². The molecule has 2 heterocycles. The van der Waals surface area contributed by atoms with E-state index in [4.69, 9.17) is 14.1 Å². The van der Waals surface area contributed by atoms with Gasteiger partial charge in [-0.05, 0) is 43.7 Å². The first kappa shape index (κ1) is 21.3. The van der Waals surface area contributed by atoms with Crippen LogP contribution in [0.5, 0.6) is 11.5 Å². The number of para-hydroxylation sites is 1. The molecule has 0 radical (unpaired) electrons. The van der Waals surface area contributed by atoms with Crippen molar-refractivity contribution in [2.75, 3.05) is 18.1 Å². The first-order valence-corrected chi connectivity index (χ1v) is 12.1. The lowest BCUT2D eigenvalue weighted by Crippen LogP contribution is -2.36. The zero-order valence-corrected chi connectivity index (χ0v) is 18.3. The van der Waals surface area contributed by atoms with E-state index >= 15 is 0 Å². The second-order valence-corrected chi connectivity index (χ2v) is 9.97. The molecule has 1 saturated heterocycles. The highest BCUT2D eigenvalue weighted by Crippen LogP contribution is 2.29. The van der Waals surface area contributed by atoms with Gasteiger partial charge in [0.2, 0.25) is 5.89 Å². The van der Waals surface area contributed by atoms with E-state index < -0.39 is 9.84 Å². The molecule has 1 fully saturated rings. The fraction of sp³-hybridized carbons (Fsp3) is 0.292. The number of benzene rings is 2. The van der Waals surface area contributed by atoms with Gasteiger partial charge in [0.05, 0.1) is 17.2 Å². The summed E-state index contributed by atoms with van der Waals surface area (Å²) in [5, 5.41) is 0. The Hall–Kier alpha value is -2.90. The Balaban J connectivity index is 1.53. The van der Waals surface area contributed by atoms with Crippen molar-refractivity contribution in [1.29, 1.82) is 0 Å². The predicted octanol–water partition coefficient (Wildman–Crippen LogP) is 4.62. The Morgan fingerprint density at radius 3 is 2.68 bits per heavy atom. The Labute approximate surface area is 183 Å². The minimum Gasteiger partial charge on any atom is -0.457 e. The molecule has 1 aliphatic heterocycles. The Kier molecular flexibility index (Phi) is 6.25. The van der Waals surface area contributed by atoms with E-state index in [1.54, 1.807) is 6.08 Å².